The molecule has 1 fully saturated rings. The van der Waals surface area contributed by atoms with Crippen LogP contribution < -0.4 is 22.5 Å². The van der Waals surface area contributed by atoms with E-state index < -0.39 is 58.3 Å². The third kappa shape index (κ3) is 12.2. The highest BCUT2D eigenvalue weighted by Crippen LogP contribution is 2.34. The van der Waals surface area contributed by atoms with Crippen LogP contribution in [0.2, 0.25) is 0 Å². The van der Waals surface area contributed by atoms with E-state index in [-0.39, 0.29) is 31.1 Å². The molecule has 2 aliphatic rings. The number of hydrogen-bond donors (Lipinski definition) is 5. The Morgan fingerprint density at radius 1 is 1.08 bits per heavy atom. The van der Waals surface area contributed by atoms with Gasteiger partial charge in [0.05, 0.1) is 12.1 Å². The van der Waals surface area contributed by atoms with Gasteiger partial charge in [-0.2, -0.15) is 0 Å². The lowest BCUT2D eigenvalue weighted by molar-refractivity contribution is -0.606. The maximum Gasteiger partial charge on any atom is 0.432 e. The SMILES string of the molecule is CC[C@H](C[C@H](O)C(CC1CCCCC1)N(C(=O)OC(C)(C)C)[C@H](C)CC1=C[N+](C(N)=O)(C(=O)[C@@H](N)Cc2ccccc2)C=N1)C(=O)NCCCCN. The quantitative estimate of drug-likeness (QED) is 0.104. The molecule has 1 aliphatic heterocycles. The number of quaternary nitrogens is 1. The Balaban J connectivity index is 1.93. The van der Waals surface area contributed by atoms with Gasteiger partial charge >= 0.3 is 18.0 Å². The Labute approximate surface area is 310 Å². The molecule has 3 rings (SSSR count). The summed E-state index contributed by atoms with van der Waals surface area (Å²) in [7, 11) is 0. The minimum Gasteiger partial charge on any atom is -0.444 e. The summed E-state index contributed by atoms with van der Waals surface area (Å²) in [4.78, 5) is 60.0. The minimum absolute atomic E-state index is 0.131. The fourth-order valence-electron chi connectivity index (χ4n) is 7.26. The van der Waals surface area contributed by atoms with E-state index in [1.807, 2.05) is 44.2 Å². The van der Waals surface area contributed by atoms with E-state index in [4.69, 9.17) is 21.9 Å². The smallest absolute Gasteiger partial charge is 0.432 e. The van der Waals surface area contributed by atoms with Gasteiger partial charge in [-0.3, -0.25) is 9.69 Å². The van der Waals surface area contributed by atoms with Gasteiger partial charge < -0.3 is 32.4 Å². The van der Waals surface area contributed by atoms with Crippen molar-refractivity contribution < 1.29 is 33.5 Å². The first kappa shape index (κ1) is 42.8. The average Bonchev–Trinajstić information content (AvgIpc) is 3.53. The van der Waals surface area contributed by atoms with Crippen molar-refractivity contribution >= 4 is 30.3 Å². The molecule has 8 N–H and O–H groups in total. The summed E-state index contributed by atoms with van der Waals surface area (Å²) in [6.45, 7) is 10.2. The van der Waals surface area contributed by atoms with Crippen LogP contribution in [0.4, 0.5) is 9.59 Å². The monoisotopic (exact) mass is 726 g/mol. The molecule has 2 unspecified atom stereocenters. The number of rotatable bonds is 18. The van der Waals surface area contributed by atoms with Crippen LogP contribution in [0.25, 0.3) is 0 Å². The van der Waals surface area contributed by atoms with Gasteiger partial charge in [0.25, 0.3) is 0 Å². The van der Waals surface area contributed by atoms with Gasteiger partial charge in [-0.15, -0.1) is 4.48 Å². The first-order chi connectivity index (χ1) is 24.6. The Kier molecular flexibility index (Phi) is 16.4. The zero-order valence-electron chi connectivity index (χ0n) is 32.0. The molecule has 0 aromatic heterocycles. The van der Waals surface area contributed by atoms with Crippen molar-refractivity contribution in [1.82, 2.24) is 10.2 Å². The summed E-state index contributed by atoms with van der Waals surface area (Å²) in [6, 6.07) is 6.02. The Bertz CT molecular complexity index is 1390. The van der Waals surface area contributed by atoms with Crippen LogP contribution in [0.3, 0.4) is 0 Å². The maximum atomic E-state index is 14.2. The molecule has 1 aliphatic carbocycles. The third-order valence-corrected chi connectivity index (χ3v) is 10.1. The average molecular weight is 727 g/mol. The molecule has 0 saturated heterocycles. The lowest BCUT2D eigenvalue weighted by Crippen LogP contribution is -2.59. The molecule has 1 aromatic rings. The number of nitrogens with zero attached hydrogens (tertiary/aromatic N) is 3. The second-order valence-corrected chi connectivity index (χ2v) is 15.6. The molecule has 5 amide bonds. The Morgan fingerprint density at radius 3 is 2.35 bits per heavy atom. The first-order valence-corrected chi connectivity index (χ1v) is 19.1. The van der Waals surface area contributed by atoms with Crippen LogP contribution in [0.1, 0.15) is 111 Å². The molecule has 290 valence electrons. The lowest BCUT2D eigenvalue weighted by Gasteiger charge is -2.42. The van der Waals surface area contributed by atoms with Crippen molar-refractivity contribution in [2.24, 2.45) is 34.0 Å². The predicted octanol–water partition coefficient (Wildman–Crippen LogP) is 4.85. The predicted molar refractivity (Wildman–Crippen MR) is 202 cm³/mol. The lowest BCUT2D eigenvalue weighted by atomic mass is 9.81. The number of nitrogens with two attached hydrogens (primary N) is 3. The number of aliphatic hydroxyl groups is 1. The van der Waals surface area contributed by atoms with Crippen molar-refractivity contribution in [3.05, 3.63) is 47.8 Å². The van der Waals surface area contributed by atoms with Crippen molar-refractivity contribution in [1.29, 1.82) is 0 Å². The molecule has 6 atom stereocenters. The van der Waals surface area contributed by atoms with Crippen LogP contribution in [-0.4, -0.2) is 87.7 Å². The van der Waals surface area contributed by atoms with Crippen LogP contribution >= 0.6 is 0 Å². The topological polar surface area (TPSA) is 203 Å². The minimum atomic E-state index is -1.04. The number of aliphatic hydroxyl groups excluding tert-OH is 1. The molecule has 0 bridgehead atoms. The van der Waals surface area contributed by atoms with E-state index in [1.54, 1.807) is 25.7 Å². The number of carbonyl (C=O) groups is 4. The Hall–Kier alpha value is -3.65. The van der Waals surface area contributed by atoms with Crippen molar-refractivity contribution in [3.8, 4) is 0 Å². The molecule has 1 heterocycles. The number of unbranched alkanes of at least 4 members (excludes halogenated alkanes) is 1. The molecular formula is C39H64N7O6+. The standard InChI is InChI=1S/C39H63N7O6/c1-6-30(35(48)43-20-14-13-19-40)24-34(47)33(23-29-17-11-8-12-18-29)45(38(51)52-39(3,4)5)27(2)21-31-25-46(26-44-31,37(42)50)36(49)32(41)22-28-15-9-7-10-16-28/h7,9-10,15-16,25-27,29-30,32-34,47H,6,8,11-14,17-24,40-41H2,1-5H3,(H2-,42,43,48,50)/p+1/t27-,30-,32+,33?,34+,46?/m1/s1. The number of primary amides is 1. The zero-order chi connectivity index (χ0) is 38.5. The van der Waals surface area contributed by atoms with Gasteiger partial charge in [0.1, 0.15) is 23.5 Å². The maximum absolute atomic E-state index is 14.2. The fourth-order valence-corrected chi connectivity index (χ4v) is 7.26. The molecule has 13 heteroatoms. The Morgan fingerprint density at radius 2 is 1.75 bits per heavy atom. The molecule has 13 nitrogen and oxygen atoms in total. The summed E-state index contributed by atoms with van der Waals surface area (Å²) in [5.74, 6) is -0.932. The second-order valence-electron chi connectivity index (χ2n) is 15.6. The number of amides is 5. The summed E-state index contributed by atoms with van der Waals surface area (Å²) in [5.41, 5.74) is 18.1. The number of nitrogens with one attached hydrogen (secondary N) is 1. The molecule has 52 heavy (non-hydrogen) atoms. The van der Waals surface area contributed by atoms with Crippen LogP contribution in [0, 0.1) is 11.8 Å². The van der Waals surface area contributed by atoms with Crippen LogP contribution in [0.15, 0.2) is 47.2 Å². The van der Waals surface area contributed by atoms with Crippen molar-refractivity contribution in [3.63, 3.8) is 0 Å². The van der Waals surface area contributed by atoms with Gasteiger partial charge in [0, 0.05) is 31.3 Å². The van der Waals surface area contributed by atoms with Gasteiger partial charge in [-0.1, -0.05) is 69.4 Å². The van der Waals surface area contributed by atoms with Crippen molar-refractivity contribution in [2.75, 3.05) is 13.1 Å². The molecule has 0 radical (unpaired) electrons. The van der Waals surface area contributed by atoms with Gasteiger partial charge in [0.2, 0.25) is 12.2 Å². The number of ether oxygens (including phenoxy) is 1. The number of aliphatic imine (C=N–C) groups is 1. The largest absolute Gasteiger partial charge is 0.444 e. The summed E-state index contributed by atoms with van der Waals surface area (Å²) < 4.78 is 4.97. The highest BCUT2D eigenvalue weighted by Gasteiger charge is 2.48. The van der Waals surface area contributed by atoms with E-state index in [1.165, 1.54) is 12.5 Å². The zero-order valence-corrected chi connectivity index (χ0v) is 32.0. The summed E-state index contributed by atoms with van der Waals surface area (Å²) in [6.07, 6.45) is 9.38. The number of carbonyl (C=O) groups excluding carboxylic acids is 4. The first-order valence-electron chi connectivity index (χ1n) is 19.1. The van der Waals surface area contributed by atoms with Crippen molar-refractivity contribution in [2.45, 2.75) is 141 Å². The number of imide groups is 1. The number of benzene rings is 1. The molecular weight excluding hydrogens is 662 g/mol. The van der Waals surface area contributed by atoms with Crippen LogP contribution in [-0.2, 0) is 20.7 Å². The highest BCUT2D eigenvalue weighted by molar-refractivity contribution is 5.95. The van der Waals surface area contributed by atoms with E-state index >= 15 is 0 Å². The highest BCUT2D eigenvalue weighted by atomic mass is 16.6. The number of hydrogen-bond acceptors (Lipinski definition) is 9. The van der Waals surface area contributed by atoms with E-state index in [9.17, 15) is 24.3 Å². The van der Waals surface area contributed by atoms with E-state index in [0.29, 0.717) is 31.6 Å². The van der Waals surface area contributed by atoms with Gasteiger partial charge in [-0.25, -0.2) is 19.4 Å². The number of urea groups is 1. The summed E-state index contributed by atoms with van der Waals surface area (Å²) >= 11 is 0. The van der Waals surface area contributed by atoms with E-state index in [2.05, 4.69) is 10.3 Å². The molecule has 1 aromatic carbocycles. The third-order valence-electron chi connectivity index (χ3n) is 10.1. The normalized spacial score (nSPS) is 20.7. The van der Waals surface area contributed by atoms with Gasteiger partial charge in [-0.05, 0) is 77.8 Å². The van der Waals surface area contributed by atoms with E-state index in [0.717, 1.165) is 50.5 Å². The molecule has 1 saturated carbocycles. The van der Waals surface area contributed by atoms with Gasteiger partial charge in [0.15, 0.2) is 0 Å². The second kappa shape index (κ2) is 20.0. The fraction of sp³-hybridized carbons (Fsp3) is 0.667. The van der Waals surface area contributed by atoms with Crippen LogP contribution in [0.5, 0.6) is 0 Å². The summed E-state index contributed by atoms with van der Waals surface area (Å²) in [5, 5.41) is 15.0. The molecule has 0 spiro atoms.